The second-order valence-corrected chi connectivity index (χ2v) is 16.6. The van der Waals surface area contributed by atoms with Crippen LogP contribution in [0.2, 0.25) is 0 Å². The van der Waals surface area contributed by atoms with Gasteiger partial charge in [-0.05, 0) is 109 Å². The second-order valence-electron chi connectivity index (χ2n) is 16.6. The van der Waals surface area contributed by atoms with E-state index in [0.29, 0.717) is 63.9 Å². The lowest BCUT2D eigenvalue weighted by atomic mass is 9.73. The Morgan fingerprint density at radius 1 is 0.904 bits per heavy atom. The molecule has 3 saturated heterocycles. The number of aromatic nitrogens is 3. The molecule has 2 N–H and O–H groups in total. The molecule has 0 bridgehead atoms. The number of carbonyl (C=O) groups excluding carboxylic acids is 2. The molecule has 0 radical (unpaired) electrons. The van der Waals surface area contributed by atoms with Crippen LogP contribution in [0.15, 0.2) is 30.6 Å². The van der Waals surface area contributed by atoms with Crippen LogP contribution in [0.4, 0.5) is 16.3 Å². The number of carbonyl (C=O) groups is 3. The minimum atomic E-state index is -0.777. The SMILES string of the molecule is CC(C)n1cnc2cc(-c3ccc4c(c3)N(C3CC(N5CCCCC5)C3)C(=O)C43CCN(C(=O)N4CCC(C(=O)O)CC4)CC3)nc(NC3CC3)c21. The van der Waals surface area contributed by atoms with Crippen molar-refractivity contribution >= 4 is 40.4 Å². The average Bonchev–Trinajstić information content (AvgIpc) is 3.80. The van der Waals surface area contributed by atoms with E-state index in [2.05, 4.69) is 57.8 Å². The van der Waals surface area contributed by atoms with Gasteiger partial charge in [-0.2, -0.15) is 0 Å². The van der Waals surface area contributed by atoms with Gasteiger partial charge in [-0.25, -0.2) is 14.8 Å². The number of imidazole rings is 1. The zero-order chi connectivity index (χ0) is 35.7. The first-order chi connectivity index (χ1) is 25.2. The van der Waals surface area contributed by atoms with E-state index >= 15 is 0 Å². The number of fused-ring (bicyclic) bond motifs is 3. The molecule has 6 aliphatic rings. The standard InChI is InChI=1S/C40H52N8O4/c1-25(2)47-24-41-33-23-32(43-36(35(33)47)42-28-7-8-28)27-6-9-31-34(20-27)48(30-21-29(22-30)44-14-4-3-5-15-44)38(51)40(31)12-18-46(19-13-40)39(52)45-16-10-26(11-17-45)37(49)50/h6,9,20,23-26,28-30H,3-5,7-8,10-19,21-22H2,1-2H3,(H,42,43)(H,49,50). The molecule has 52 heavy (non-hydrogen) atoms. The first-order valence-corrected chi connectivity index (χ1v) is 19.8. The molecule has 2 saturated carbocycles. The van der Waals surface area contributed by atoms with Gasteiger partial charge in [0.1, 0.15) is 5.52 Å². The van der Waals surface area contributed by atoms with Gasteiger partial charge in [-0.1, -0.05) is 18.6 Å². The summed E-state index contributed by atoms with van der Waals surface area (Å²) in [5, 5.41) is 13.1. The minimum absolute atomic E-state index is 0.0306. The quantitative estimate of drug-likeness (QED) is 0.312. The number of nitrogens with one attached hydrogen (secondary N) is 1. The first kappa shape index (κ1) is 33.6. The molecule has 12 nitrogen and oxygen atoms in total. The third kappa shape index (κ3) is 5.72. The van der Waals surface area contributed by atoms with Crippen molar-refractivity contribution in [2.75, 3.05) is 49.5 Å². The van der Waals surface area contributed by atoms with Crippen molar-refractivity contribution < 1.29 is 19.5 Å². The van der Waals surface area contributed by atoms with Crippen LogP contribution in [0.3, 0.4) is 0 Å². The highest BCUT2D eigenvalue weighted by Crippen LogP contribution is 2.52. The van der Waals surface area contributed by atoms with Crippen LogP contribution in [-0.4, -0.2) is 110 Å². The molecule has 276 valence electrons. The summed E-state index contributed by atoms with van der Waals surface area (Å²) in [5.41, 5.74) is 5.21. The van der Waals surface area contributed by atoms with Crippen molar-refractivity contribution in [3.8, 4) is 11.3 Å². The lowest BCUT2D eigenvalue weighted by Gasteiger charge is -2.48. The Kier molecular flexibility index (Phi) is 8.43. The monoisotopic (exact) mass is 708 g/mol. The van der Waals surface area contributed by atoms with Gasteiger partial charge >= 0.3 is 12.0 Å². The summed E-state index contributed by atoms with van der Waals surface area (Å²) < 4.78 is 2.19. The fourth-order valence-corrected chi connectivity index (χ4v) is 9.67. The third-order valence-electron chi connectivity index (χ3n) is 13.1. The normalized spacial score (nSPS) is 25.2. The molecule has 4 aliphatic heterocycles. The number of anilines is 2. The molecule has 1 spiro atoms. The Hall–Kier alpha value is -4.19. The first-order valence-electron chi connectivity index (χ1n) is 19.8. The predicted molar refractivity (Wildman–Crippen MR) is 200 cm³/mol. The van der Waals surface area contributed by atoms with Gasteiger partial charge in [-0.3, -0.25) is 9.59 Å². The smallest absolute Gasteiger partial charge is 0.319 e. The van der Waals surface area contributed by atoms with E-state index in [-0.39, 0.29) is 29.9 Å². The number of hydrogen-bond acceptors (Lipinski definition) is 7. The van der Waals surface area contributed by atoms with Crippen LogP contribution in [0.1, 0.15) is 96.1 Å². The Morgan fingerprint density at radius 3 is 2.29 bits per heavy atom. The number of pyridine rings is 1. The van der Waals surface area contributed by atoms with E-state index in [4.69, 9.17) is 9.97 Å². The Morgan fingerprint density at radius 2 is 1.62 bits per heavy atom. The van der Waals surface area contributed by atoms with Crippen molar-refractivity contribution in [3.63, 3.8) is 0 Å². The summed E-state index contributed by atoms with van der Waals surface area (Å²) in [5.74, 6) is -0.0980. The molecule has 2 aromatic heterocycles. The van der Waals surface area contributed by atoms with Gasteiger partial charge in [0, 0.05) is 61.6 Å². The summed E-state index contributed by atoms with van der Waals surface area (Å²) in [6.07, 6.45) is 12.2. The highest BCUT2D eigenvalue weighted by Gasteiger charge is 2.56. The fourth-order valence-electron chi connectivity index (χ4n) is 9.67. The van der Waals surface area contributed by atoms with Crippen molar-refractivity contribution in [1.82, 2.24) is 29.2 Å². The number of carboxylic acid groups (broad SMARTS) is 1. The number of urea groups is 1. The van der Waals surface area contributed by atoms with Gasteiger partial charge in [-0.15, -0.1) is 0 Å². The summed E-state index contributed by atoms with van der Waals surface area (Å²) in [7, 11) is 0. The number of nitrogens with zero attached hydrogens (tertiary/aromatic N) is 7. The maximum Gasteiger partial charge on any atom is 0.319 e. The topological polar surface area (TPSA) is 127 Å². The van der Waals surface area contributed by atoms with Crippen LogP contribution in [0, 0.1) is 5.92 Å². The maximum atomic E-state index is 14.9. The van der Waals surface area contributed by atoms with E-state index in [1.807, 2.05) is 11.2 Å². The summed E-state index contributed by atoms with van der Waals surface area (Å²) >= 11 is 0. The van der Waals surface area contributed by atoms with Crippen LogP contribution in [-0.2, 0) is 15.0 Å². The van der Waals surface area contributed by atoms with E-state index in [0.717, 1.165) is 78.1 Å². The van der Waals surface area contributed by atoms with Gasteiger partial charge in [0.05, 0.1) is 28.9 Å². The summed E-state index contributed by atoms with van der Waals surface area (Å²) in [4.78, 5) is 58.5. The van der Waals surface area contributed by atoms with E-state index in [9.17, 15) is 19.5 Å². The lowest BCUT2D eigenvalue weighted by molar-refractivity contribution is -0.143. The van der Waals surface area contributed by atoms with Gasteiger partial charge in [0.15, 0.2) is 5.82 Å². The fraction of sp³-hybridized carbons (Fsp3) is 0.625. The molecule has 1 aromatic carbocycles. The molecule has 6 heterocycles. The largest absolute Gasteiger partial charge is 0.481 e. The number of piperidine rings is 3. The number of carboxylic acids is 1. The van der Waals surface area contributed by atoms with Crippen LogP contribution in [0.5, 0.6) is 0 Å². The van der Waals surface area contributed by atoms with Crippen molar-refractivity contribution in [2.45, 2.75) is 114 Å². The maximum absolute atomic E-state index is 14.9. The number of likely N-dealkylation sites (tertiary alicyclic amines) is 3. The zero-order valence-corrected chi connectivity index (χ0v) is 30.6. The number of amides is 3. The summed E-state index contributed by atoms with van der Waals surface area (Å²) in [6.45, 7) is 8.59. The second kappa shape index (κ2) is 13.0. The lowest BCUT2D eigenvalue weighted by Crippen LogP contribution is -2.59. The van der Waals surface area contributed by atoms with Crippen LogP contribution < -0.4 is 10.2 Å². The zero-order valence-electron chi connectivity index (χ0n) is 30.6. The van der Waals surface area contributed by atoms with Gasteiger partial charge < -0.3 is 34.6 Å². The number of hydrogen-bond donors (Lipinski definition) is 2. The molecule has 9 rings (SSSR count). The molecular weight excluding hydrogens is 656 g/mol. The Bertz CT molecular complexity index is 1880. The third-order valence-corrected chi connectivity index (χ3v) is 13.1. The molecular formula is C40H52N8O4. The number of aliphatic carboxylic acids is 1. The predicted octanol–water partition coefficient (Wildman–Crippen LogP) is 5.87. The molecule has 0 unspecified atom stereocenters. The van der Waals surface area contributed by atoms with Crippen molar-refractivity contribution in [1.29, 1.82) is 0 Å². The van der Waals surface area contributed by atoms with Gasteiger partial charge in [0.2, 0.25) is 5.91 Å². The molecule has 0 atom stereocenters. The Balaban J connectivity index is 1.02. The molecule has 3 aromatic rings. The van der Waals surface area contributed by atoms with Crippen molar-refractivity contribution in [3.05, 3.63) is 36.2 Å². The highest BCUT2D eigenvalue weighted by atomic mass is 16.4. The van der Waals surface area contributed by atoms with Crippen LogP contribution >= 0.6 is 0 Å². The molecule has 2 aliphatic carbocycles. The van der Waals surface area contributed by atoms with E-state index in [1.54, 1.807) is 4.90 Å². The number of rotatable bonds is 7. The average molecular weight is 709 g/mol. The molecule has 5 fully saturated rings. The Labute approximate surface area is 305 Å². The summed E-state index contributed by atoms with van der Waals surface area (Å²) in [6, 6.07) is 9.95. The number of benzene rings is 1. The highest BCUT2D eigenvalue weighted by molar-refractivity contribution is 6.09. The minimum Gasteiger partial charge on any atom is -0.481 e. The van der Waals surface area contributed by atoms with E-state index < -0.39 is 11.4 Å². The van der Waals surface area contributed by atoms with Crippen molar-refractivity contribution in [2.24, 2.45) is 5.92 Å². The molecule has 12 heteroatoms. The van der Waals surface area contributed by atoms with Gasteiger partial charge in [0.25, 0.3) is 0 Å². The molecule has 3 amide bonds. The van der Waals surface area contributed by atoms with E-state index in [1.165, 1.54) is 19.3 Å². The van der Waals surface area contributed by atoms with Crippen LogP contribution in [0.25, 0.3) is 22.3 Å².